The van der Waals surface area contributed by atoms with Crippen LogP contribution in [0.2, 0.25) is 0 Å². The zero-order valence-electron chi connectivity index (χ0n) is 13.9. The molecule has 1 aliphatic rings. The van der Waals surface area contributed by atoms with E-state index in [1.807, 2.05) is 13.8 Å². The quantitative estimate of drug-likeness (QED) is 0.436. The highest BCUT2D eigenvalue weighted by Crippen LogP contribution is 2.60. The highest BCUT2D eigenvalue weighted by Gasteiger charge is 2.61. The van der Waals surface area contributed by atoms with Gasteiger partial charge in [-0.3, -0.25) is 30.4 Å². The van der Waals surface area contributed by atoms with Crippen LogP contribution < -0.4 is 5.43 Å². The molecule has 1 aromatic carbocycles. The van der Waals surface area contributed by atoms with E-state index in [0.717, 1.165) is 12.1 Å². The Morgan fingerprint density at radius 2 is 1.96 bits per heavy atom. The van der Waals surface area contributed by atoms with E-state index in [-0.39, 0.29) is 22.7 Å². The number of carboxylic acids is 1. The number of rotatable bonds is 7. The second-order valence-electron chi connectivity index (χ2n) is 6.62. The molecular formula is C15H18N4O6. The van der Waals surface area contributed by atoms with Gasteiger partial charge in [0.05, 0.1) is 21.8 Å². The van der Waals surface area contributed by atoms with E-state index in [1.165, 1.54) is 6.07 Å². The number of nitrogens with zero attached hydrogens (tertiary/aromatic N) is 3. The predicted molar refractivity (Wildman–Crippen MR) is 89.5 cm³/mol. The van der Waals surface area contributed by atoms with Crippen molar-refractivity contribution in [3.05, 3.63) is 38.4 Å². The topological polar surface area (TPSA) is 148 Å². The summed E-state index contributed by atoms with van der Waals surface area (Å²) in [7, 11) is 0. The standard InChI is InChI=1S/C15H18N4O6/c1-8(6-10-13(14(20)21)15(10,2)3)16-17-11-5-4-9(18(22)23)7-12(11)19(24)25/h4-5,7,10,13,17H,6H2,1-3H3,(H,20,21)/t10-,13+/m0/s1. The maximum atomic E-state index is 11.2. The Labute approximate surface area is 142 Å². The Kier molecular flexibility index (Phi) is 4.73. The molecule has 10 nitrogen and oxygen atoms in total. The van der Waals surface area contributed by atoms with E-state index in [4.69, 9.17) is 5.11 Å². The largest absolute Gasteiger partial charge is 0.481 e. The average Bonchev–Trinajstić information content (AvgIpc) is 3.05. The monoisotopic (exact) mass is 350 g/mol. The van der Waals surface area contributed by atoms with Crippen LogP contribution in [-0.4, -0.2) is 26.6 Å². The maximum absolute atomic E-state index is 11.2. The summed E-state index contributed by atoms with van der Waals surface area (Å²) >= 11 is 0. The molecule has 0 aliphatic heterocycles. The van der Waals surface area contributed by atoms with Crippen molar-refractivity contribution in [2.45, 2.75) is 27.2 Å². The van der Waals surface area contributed by atoms with E-state index in [0.29, 0.717) is 12.1 Å². The highest BCUT2D eigenvalue weighted by atomic mass is 16.6. The van der Waals surface area contributed by atoms with Gasteiger partial charge in [-0.25, -0.2) is 0 Å². The number of anilines is 1. The lowest BCUT2D eigenvalue weighted by Gasteiger charge is -2.05. The number of non-ortho nitro benzene ring substituents is 1. The zero-order valence-corrected chi connectivity index (χ0v) is 13.9. The van der Waals surface area contributed by atoms with Gasteiger partial charge in [0.15, 0.2) is 0 Å². The minimum Gasteiger partial charge on any atom is -0.481 e. The summed E-state index contributed by atoms with van der Waals surface area (Å²) < 4.78 is 0. The number of carbonyl (C=O) groups is 1. The van der Waals surface area contributed by atoms with E-state index in [1.54, 1.807) is 6.92 Å². The van der Waals surface area contributed by atoms with Gasteiger partial charge in [0.25, 0.3) is 5.69 Å². The summed E-state index contributed by atoms with van der Waals surface area (Å²) in [5.41, 5.74) is 2.00. The van der Waals surface area contributed by atoms with Crippen molar-refractivity contribution in [2.75, 3.05) is 5.43 Å². The van der Waals surface area contributed by atoms with Gasteiger partial charge in [0.1, 0.15) is 5.69 Å². The Morgan fingerprint density at radius 1 is 1.32 bits per heavy atom. The second kappa shape index (κ2) is 6.46. The molecule has 0 amide bonds. The SMILES string of the molecule is CC(C[C@H]1[C@H](C(=O)O)C1(C)C)=NNc1ccc([N+](=O)[O-])cc1[N+](=O)[O-]. The minimum atomic E-state index is -0.846. The Morgan fingerprint density at radius 3 is 2.44 bits per heavy atom. The lowest BCUT2D eigenvalue weighted by molar-refractivity contribution is -0.393. The van der Waals surface area contributed by atoms with Crippen molar-refractivity contribution in [1.82, 2.24) is 0 Å². The second-order valence-corrected chi connectivity index (χ2v) is 6.62. The normalized spacial score (nSPS) is 21.5. The maximum Gasteiger partial charge on any atom is 0.307 e. The molecule has 1 aliphatic carbocycles. The van der Waals surface area contributed by atoms with Crippen molar-refractivity contribution in [3.63, 3.8) is 0 Å². The first-order valence-corrected chi connectivity index (χ1v) is 7.50. The number of benzene rings is 1. The fourth-order valence-corrected chi connectivity index (χ4v) is 3.01. The third-order valence-electron chi connectivity index (χ3n) is 4.59. The smallest absolute Gasteiger partial charge is 0.307 e. The Bertz CT molecular complexity index is 773. The first-order chi connectivity index (χ1) is 11.6. The van der Waals surface area contributed by atoms with Crippen molar-refractivity contribution in [1.29, 1.82) is 0 Å². The number of hydrazone groups is 1. The molecule has 1 fully saturated rings. The van der Waals surface area contributed by atoms with E-state index in [2.05, 4.69) is 10.5 Å². The molecule has 2 atom stereocenters. The van der Waals surface area contributed by atoms with Gasteiger partial charge in [0.2, 0.25) is 0 Å². The molecule has 0 saturated heterocycles. The van der Waals surface area contributed by atoms with Gasteiger partial charge in [0, 0.05) is 11.8 Å². The molecule has 0 radical (unpaired) electrons. The molecule has 2 rings (SSSR count). The zero-order chi connectivity index (χ0) is 18.9. The number of nitro groups is 2. The lowest BCUT2D eigenvalue weighted by Crippen LogP contribution is -2.05. The van der Waals surface area contributed by atoms with Crippen molar-refractivity contribution >= 4 is 28.7 Å². The third-order valence-corrected chi connectivity index (χ3v) is 4.59. The summed E-state index contributed by atoms with van der Waals surface area (Å²) in [5.74, 6) is -1.34. The molecule has 134 valence electrons. The van der Waals surface area contributed by atoms with Crippen LogP contribution in [0.25, 0.3) is 0 Å². The Hall–Kier alpha value is -3.04. The van der Waals surface area contributed by atoms with Crippen molar-refractivity contribution in [3.8, 4) is 0 Å². The molecule has 0 heterocycles. The summed E-state index contributed by atoms with van der Waals surface area (Å²) in [6.45, 7) is 5.44. The minimum absolute atomic E-state index is 0.0276. The number of nitro benzene ring substituents is 2. The van der Waals surface area contributed by atoms with Crippen LogP contribution in [0.15, 0.2) is 23.3 Å². The molecule has 10 heteroatoms. The fraction of sp³-hybridized carbons (Fsp3) is 0.467. The van der Waals surface area contributed by atoms with Crippen LogP contribution >= 0.6 is 0 Å². The van der Waals surface area contributed by atoms with Gasteiger partial charge in [-0.05, 0) is 30.7 Å². The van der Waals surface area contributed by atoms with E-state index >= 15 is 0 Å². The molecule has 0 spiro atoms. The number of carboxylic acid groups (broad SMARTS) is 1. The van der Waals surface area contributed by atoms with Crippen LogP contribution in [0.4, 0.5) is 17.1 Å². The fourth-order valence-electron chi connectivity index (χ4n) is 3.01. The molecule has 0 aromatic heterocycles. The predicted octanol–water partition coefficient (Wildman–Crippen LogP) is 3.04. The van der Waals surface area contributed by atoms with E-state index in [9.17, 15) is 25.0 Å². The molecular weight excluding hydrogens is 332 g/mol. The molecule has 1 aromatic rings. The number of aliphatic carboxylic acids is 1. The van der Waals surface area contributed by atoms with Gasteiger partial charge < -0.3 is 5.11 Å². The van der Waals surface area contributed by atoms with Crippen molar-refractivity contribution in [2.24, 2.45) is 22.4 Å². The van der Waals surface area contributed by atoms with Gasteiger partial charge in [-0.1, -0.05) is 13.8 Å². The molecule has 0 unspecified atom stereocenters. The Balaban J connectivity index is 2.12. The number of hydrogen-bond acceptors (Lipinski definition) is 7. The van der Waals surface area contributed by atoms with Crippen LogP contribution in [0.3, 0.4) is 0 Å². The van der Waals surface area contributed by atoms with Crippen LogP contribution in [0.1, 0.15) is 27.2 Å². The van der Waals surface area contributed by atoms with Gasteiger partial charge in [-0.15, -0.1) is 0 Å². The van der Waals surface area contributed by atoms with Crippen LogP contribution in [-0.2, 0) is 4.79 Å². The first-order valence-electron chi connectivity index (χ1n) is 7.50. The highest BCUT2D eigenvalue weighted by molar-refractivity contribution is 5.86. The summed E-state index contributed by atoms with van der Waals surface area (Å²) in [5, 5.41) is 35.0. The summed E-state index contributed by atoms with van der Waals surface area (Å²) in [4.78, 5) is 31.5. The number of hydrogen-bond donors (Lipinski definition) is 2. The van der Waals surface area contributed by atoms with E-state index < -0.39 is 27.4 Å². The number of nitrogens with one attached hydrogen (secondary N) is 1. The van der Waals surface area contributed by atoms with Crippen LogP contribution in [0, 0.1) is 37.5 Å². The molecule has 1 saturated carbocycles. The molecule has 25 heavy (non-hydrogen) atoms. The first kappa shape index (κ1) is 18.3. The summed E-state index contributed by atoms with van der Waals surface area (Å²) in [6, 6.07) is 3.22. The van der Waals surface area contributed by atoms with Crippen LogP contribution in [0.5, 0.6) is 0 Å². The molecule has 0 bridgehead atoms. The summed E-state index contributed by atoms with van der Waals surface area (Å²) in [6.07, 6.45) is 0.442. The average molecular weight is 350 g/mol. The van der Waals surface area contributed by atoms with Crippen molar-refractivity contribution < 1.29 is 19.7 Å². The molecule has 2 N–H and O–H groups in total. The lowest BCUT2D eigenvalue weighted by atomic mass is 10.1. The van der Waals surface area contributed by atoms with Gasteiger partial charge in [-0.2, -0.15) is 5.10 Å². The van der Waals surface area contributed by atoms with Gasteiger partial charge >= 0.3 is 11.7 Å². The third kappa shape index (κ3) is 3.73.